The van der Waals surface area contributed by atoms with Gasteiger partial charge in [0.15, 0.2) is 0 Å². The number of hydrogen-bond donors (Lipinski definition) is 2. The molecule has 0 fully saturated rings. The first kappa shape index (κ1) is 19.8. The highest BCUT2D eigenvalue weighted by Gasteiger charge is 2.05. The van der Waals surface area contributed by atoms with Crippen molar-refractivity contribution in [2.75, 3.05) is 13.7 Å². The average molecular weight is 360 g/mol. The van der Waals surface area contributed by atoms with E-state index >= 15 is 0 Å². The van der Waals surface area contributed by atoms with E-state index in [-0.39, 0.29) is 19.2 Å². The summed E-state index contributed by atoms with van der Waals surface area (Å²) < 4.78 is 16.0. The van der Waals surface area contributed by atoms with Gasteiger partial charge in [0.05, 0.1) is 26.9 Å². The van der Waals surface area contributed by atoms with Gasteiger partial charge in [-0.25, -0.2) is 0 Å². The molecule has 0 heterocycles. The molecule has 0 aromatic heterocycles. The highest BCUT2D eigenvalue weighted by molar-refractivity contribution is 5.69. The van der Waals surface area contributed by atoms with Gasteiger partial charge in [-0.15, -0.1) is 0 Å². The molecule has 6 heteroatoms. The molecule has 2 rings (SSSR count). The van der Waals surface area contributed by atoms with Gasteiger partial charge in [-0.1, -0.05) is 18.2 Å². The van der Waals surface area contributed by atoms with Crippen molar-refractivity contribution in [2.45, 2.75) is 32.7 Å². The molecule has 2 aromatic rings. The fraction of sp³-hybridized carbons (Fsp3) is 0.350. The zero-order valence-electron chi connectivity index (χ0n) is 14.8. The number of benzene rings is 2. The lowest BCUT2D eigenvalue weighted by Gasteiger charge is -2.11. The number of rotatable bonds is 10. The molecule has 0 radical (unpaired) electrons. The van der Waals surface area contributed by atoms with Crippen LogP contribution in [-0.2, 0) is 29.4 Å². The van der Waals surface area contributed by atoms with Crippen LogP contribution in [0.15, 0.2) is 42.5 Å². The van der Waals surface area contributed by atoms with Gasteiger partial charge >= 0.3 is 5.97 Å². The van der Waals surface area contributed by atoms with Crippen molar-refractivity contribution in [1.82, 2.24) is 0 Å². The third kappa shape index (κ3) is 6.06. The van der Waals surface area contributed by atoms with Crippen LogP contribution in [0.2, 0.25) is 0 Å². The molecule has 0 saturated heterocycles. The van der Waals surface area contributed by atoms with E-state index in [4.69, 9.17) is 9.47 Å². The van der Waals surface area contributed by atoms with Gasteiger partial charge in [-0.2, -0.15) is 0 Å². The molecule has 0 bridgehead atoms. The predicted molar refractivity (Wildman–Crippen MR) is 95.8 cm³/mol. The summed E-state index contributed by atoms with van der Waals surface area (Å²) in [6.07, 6.45) is 0.921. The molecule has 6 nitrogen and oxygen atoms in total. The molecule has 0 saturated carbocycles. The van der Waals surface area contributed by atoms with Gasteiger partial charge in [0, 0.05) is 6.42 Å². The Labute approximate surface area is 152 Å². The molecule has 0 atom stereocenters. The smallest absolute Gasteiger partial charge is 0.305 e. The fourth-order valence-electron chi connectivity index (χ4n) is 2.39. The Bertz CT molecular complexity index is 713. The van der Waals surface area contributed by atoms with Crippen LogP contribution in [0.3, 0.4) is 0 Å². The molecule has 0 aliphatic carbocycles. The summed E-state index contributed by atoms with van der Waals surface area (Å²) in [4.78, 5) is 11.1. The van der Waals surface area contributed by atoms with E-state index in [9.17, 15) is 15.0 Å². The monoisotopic (exact) mass is 360 g/mol. The van der Waals surface area contributed by atoms with Crippen molar-refractivity contribution in [1.29, 1.82) is 0 Å². The van der Waals surface area contributed by atoms with Crippen molar-refractivity contribution in [3.05, 3.63) is 59.2 Å². The normalized spacial score (nSPS) is 10.4. The van der Waals surface area contributed by atoms with Crippen LogP contribution in [0.25, 0.3) is 0 Å². The summed E-state index contributed by atoms with van der Waals surface area (Å²) in [7, 11) is 1.37. The molecule has 0 unspecified atom stereocenters. The number of carbonyl (C=O) groups excluding carboxylic acids is 1. The van der Waals surface area contributed by atoms with Crippen LogP contribution >= 0.6 is 0 Å². The zero-order valence-corrected chi connectivity index (χ0v) is 14.8. The van der Waals surface area contributed by atoms with E-state index in [0.717, 1.165) is 5.56 Å². The molecule has 0 spiro atoms. The molecule has 2 N–H and O–H groups in total. The number of carbonyl (C=O) groups is 1. The van der Waals surface area contributed by atoms with Crippen molar-refractivity contribution >= 4 is 5.97 Å². The van der Waals surface area contributed by atoms with Crippen LogP contribution in [0.1, 0.15) is 29.5 Å². The Morgan fingerprint density at radius 1 is 0.962 bits per heavy atom. The molecule has 2 aromatic carbocycles. The second-order valence-electron chi connectivity index (χ2n) is 5.71. The number of esters is 1. The van der Waals surface area contributed by atoms with Gasteiger partial charge < -0.3 is 24.4 Å². The Kier molecular flexibility index (Phi) is 7.92. The molecule has 0 aliphatic heterocycles. The van der Waals surface area contributed by atoms with Crippen molar-refractivity contribution in [2.24, 2.45) is 0 Å². The number of ether oxygens (including phenoxy) is 3. The summed E-state index contributed by atoms with van der Waals surface area (Å²) in [6.45, 7) is 0.512. The van der Waals surface area contributed by atoms with Gasteiger partial charge in [-0.05, 0) is 47.4 Å². The molecular weight excluding hydrogens is 336 g/mol. The van der Waals surface area contributed by atoms with Gasteiger partial charge in [0.2, 0.25) is 0 Å². The van der Waals surface area contributed by atoms with E-state index < -0.39 is 0 Å². The van der Waals surface area contributed by atoms with E-state index in [1.54, 1.807) is 18.2 Å². The van der Waals surface area contributed by atoms with Crippen molar-refractivity contribution < 1.29 is 29.2 Å². The molecule has 0 aliphatic rings. The first-order valence-corrected chi connectivity index (χ1v) is 8.41. The van der Waals surface area contributed by atoms with Crippen molar-refractivity contribution in [3.63, 3.8) is 0 Å². The average Bonchev–Trinajstić information content (AvgIpc) is 2.69. The minimum Gasteiger partial charge on any atom is -0.494 e. The zero-order chi connectivity index (χ0) is 18.8. The summed E-state index contributed by atoms with van der Waals surface area (Å²) in [6, 6.07) is 12.8. The maximum absolute atomic E-state index is 11.1. The number of aliphatic hydroxyl groups excluding tert-OH is 2. The first-order chi connectivity index (χ1) is 12.7. The summed E-state index contributed by atoms with van der Waals surface area (Å²) in [5.74, 6) is 1.09. The summed E-state index contributed by atoms with van der Waals surface area (Å²) in [5.41, 5.74) is 2.27. The van der Waals surface area contributed by atoms with Crippen LogP contribution in [0.5, 0.6) is 11.5 Å². The number of aliphatic hydroxyl groups is 2. The molecule has 26 heavy (non-hydrogen) atoms. The fourth-order valence-corrected chi connectivity index (χ4v) is 2.39. The second-order valence-corrected chi connectivity index (χ2v) is 5.71. The lowest BCUT2D eigenvalue weighted by molar-refractivity contribution is -0.140. The lowest BCUT2D eigenvalue weighted by Crippen LogP contribution is -2.05. The van der Waals surface area contributed by atoms with E-state index in [2.05, 4.69) is 4.74 Å². The Morgan fingerprint density at radius 3 is 2.46 bits per heavy atom. The SMILES string of the molecule is COC(=O)CCCOc1cccc(COc2ccc(CO)c(CO)c2)c1. The van der Waals surface area contributed by atoms with Crippen LogP contribution in [-0.4, -0.2) is 29.9 Å². The van der Waals surface area contributed by atoms with Crippen LogP contribution in [0, 0.1) is 0 Å². The van der Waals surface area contributed by atoms with E-state index in [0.29, 0.717) is 48.7 Å². The lowest BCUT2D eigenvalue weighted by atomic mass is 10.1. The second kappa shape index (κ2) is 10.4. The summed E-state index contributed by atoms with van der Waals surface area (Å²) >= 11 is 0. The number of methoxy groups -OCH3 is 1. The largest absolute Gasteiger partial charge is 0.494 e. The third-order valence-electron chi connectivity index (χ3n) is 3.84. The van der Waals surface area contributed by atoms with Crippen LogP contribution < -0.4 is 9.47 Å². The third-order valence-corrected chi connectivity index (χ3v) is 3.84. The maximum atomic E-state index is 11.1. The highest BCUT2D eigenvalue weighted by atomic mass is 16.5. The molecule has 0 amide bonds. The Morgan fingerprint density at radius 2 is 1.73 bits per heavy atom. The topological polar surface area (TPSA) is 85.2 Å². The van der Waals surface area contributed by atoms with E-state index in [1.165, 1.54) is 7.11 Å². The van der Waals surface area contributed by atoms with Gasteiger partial charge in [0.25, 0.3) is 0 Å². The van der Waals surface area contributed by atoms with Crippen LogP contribution in [0.4, 0.5) is 0 Å². The van der Waals surface area contributed by atoms with Gasteiger partial charge in [0.1, 0.15) is 18.1 Å². The first-order valence-electron chi connectivity index (χ1n) is 8.41. The highest BCUT2D eigenvalue weighted by Crippen LogP contribution is 2.21. The number of hydrogen-bond acceptors (Lipinski definition) is 6. The Balaban J connectivity index is 1.87. The quantitative estimate of drug-likeness (QED) is 0.500. The minimum absolute atomic E-state index is 0.120. The summed E-state index contributed by atoms with van der Waals surface area (Å²) in [5, 5.41) is 18.6. The van der Waals surface area contributed by atoms with Crippen molar-refractivity contribution in [3.8, 4) is 11.5 Å². The predicted octanol–water partition coefficient (Wildman–Crippen LogP) is 2.58. The molecular formula is C20H24O6. The maximum Gasteiger partial charge on any atom is 0.305 e. The van der Waals surface area contributed by atoms with Gasteiger partial charge in [-0.3, -0.25) is 4.79 Å². The Hall–Kier alpha value is -2.57. The minimum atomic E-state index is -0.245. The van der Waals surface area contributed by atoms with E-state index in [1.807, 2.05) is 24.3 Å². The molecule has 140 valence electrons. The standard InChI is InChI=1S/C20H24O6/c1-24-20(23)6-3-9-25-18-5-2-4-15(10-18)14-26-19-8-7-16(12-21)17(11-19)13-22/h2,4-5,7-8,10-11,21-22H,3,6,9,12-14H2,1H3.